The van der Waals surface area contributed by atoms with Crippen molar-refractivity contribution < 1.29 is 14.3 Å². The SMILES string of the molecule is CCOC(=O)c1cncc(-n2c(C)ccc2-c2c(Br)cccc2OCc2ccccc2)c1. The molecule has 0 aliphatic carbocycles. The van der Waals surface area contributed by atoms with Gasteiger partial charge in [-0.3, -0.25) is 4.98 Å². The van der Waals surface area contributed by atoms with Gasteiger partial charge in [0.25, 0.3) is 0 Å². The zero-order valence-corrected chi connectivity index (χ0v) is 19.5. The molecular formula is C26H23BrN2O3. The van der Waals surface area contributed by atoms with E-state index in [0.29, 0.717) is 18.8 Å². The van der Waals surface area contributed by atoms with E-state index in [9.17, 15) is 4.79 Å². The molecule has 2 heterocycles. The number of carbonyl (C=O) groups excluding carboxylic acids is 1. The predicted octanol–water partition coefficient (Wildman–Crippen LogP) is 6.37. The lowest BCUT2D eigenvalue weighted by Gasteiger charge is -2.17. The van der Waals surface area contributed by atoms with Crippen LogP contribution in [0.1, 0.15) is 28.5 Å². The molecule has 32 heavy (non-hydrogen) atoms. The number of hydrogen-bond acceptors (Lipinski definition) is 4. The third-order valence-electron chi connectivity index (χ3n) is 5.04. The molecule has 0 amide bonds. The van der Waals surface area contributed by atoms with E-state index < -0.39 is 0 Å². The van der Waals surface area contributed by atoms with Gasteiger partial charge in [-0.2, -0.15) is 0 Å². The fraction of sp³-hybridized carbons (Fsp3) is 0.154. The normalized spacial score (nSPS) is 10.7. The van der Waals surface area contributed by atoms with Gasteiger partial charge in [-0.05, 0) is 65.7 Å². The fourth-order valence-electron chi connectivity index (χ4n) is 3.56. The highest BCUT2D eigenvalue weighted by Gasteiger charge is 2.18. The summed E-state index contributed by atoms with van der Waals surface area (Å²) in [4.78, 5) is 16.5. The van der Waals surface area contributed by atoms with Crippen LogP contribution in [0, 0.1) is 6.92 Å². The van der Waals surface area contributed by atoms with Crippen molar-refractivity contribution in [3.63, 3.8) is 0 Å². The number of esters is 1. The Hall–Kier alpha value is -3.38. The summed E-state index contributed by atoms with van der Waals surface area (Å²) in [7, 11) is 0. The second kappa shape index (κ2) is 9.83. The van der Waals surface area contributed by atoms with Gasteiger partial charge in [0.15, 0.2) is 0 Å². The number of benzene rings is 2. The molecule has 0 spiro atoms. The minimum Gasteiger partial charge on any atom is -0.488 e. The van der Waals surface area contributed by atoms with Gasteiger partial charge in [0, 0.05) is 16.4 Å². The zero-order chi connectivity index (χ0) is 22.5. The summed E-state index contributed by atoms with van der Waals surface area (Å²) < 4.78 is 14.3. The topological polar surface area (TPSA) is 53.3 Å². The number of pyridine rings is 1. The Bertz CT molecular complexity index is 1240. The standard InChI is InChI=1S/C26H23BrN2O3/c1-3-31-26(30)20-14-21(16-28-15-20)29-18(2)12-13-23(29)25-22(27)10-7-11-24(25)32-17-19-8-5-4-6-9-19/h4-16H,3,17H2,1-2H3. The van der Waals surface area contributed by atoms with Crippen molar-refractivity contribution in [1.82, 2.24) is 9.55 Å². The Balaban J connectivity index is 1.75. The van der Waals surface area contributed by atoms with Crippen LogP contribution in [0.5, 0.6) is 5.75 Å². The van der Waals surface area contributed by atoms with E-state index >= 15 is 0 Å². The van der Waals surface area contributed by atoms with Gasteiger partial charge in [-0.25, -0.2) is 4.79 Å². The molecule has 2 aromatic heterocycles. The predicted molar refractivity (Wildman–Crippen MR) is 128 cm³/mol. The molecule has 0 radical (unpaired) electrons. The molecule has 0 unspecified atom stereocenters. The maximum absolute atomic E-state index is 12.2. The molecule has 0 fully saturated rings. The molecule has 4 rings (SSSR count). The van der Waals surface area contributed by atoms with Crippen molar-refractivity contribution in [2.45, 2.75) is 20.5 Å². The highest BCUT2D eigenvalue weighted by Crippen LogP contribution is 2.39. The van der Waals surface area contributed by atoms with E-state index in [2.05, 4.69) is 25.5 Å². The van der Waals surface area contributed by atoms with Crippen LogP contribution in [0.2, 0.25) is 0 Å². The number of aryl methyl sites for hydroxylation is 1. The lowest BCUT2D eigenvalue weighted by Crippen LogP contribution is -2.08. The number of rotatable bonds is 7. The van der Waals surface area contributed by atoms with E-state index in [1.165, 1.54) is 6.20 Å². The second-order valence-corrected chi connectivity index (χ2v) is 8.09. The number of aromatic nitrogens is 2. The minimum absolute atomic E-state index is 0.315. The van der Waals surface area contributed by atoms with Crippen molar-refractivity contribution in [3.8, 4) is 22.7 Å². The molecule has 0 bridgehead atoms. The molecule has 0 N–H and O–H groups in total. The Morgan fingerprint density at radius 2 is 1.84 bits per heavy atom. The molecule has 0 aliphatic heterocycles. The van der Waals surface area contributed by atoms with Crippen LogP contribution in [-0.2, 0) is 11.3 Å². The lowest BCUT2D eigenvalue weighted by atomic mass is 10.1. The van der Waals surface area contributed by atoms with E-state index in [4.69, 9.17) is 9.47 Å². The van der Waals surface area contributed by atoms with Gasteiger partial charge in [0.1, 0.15) is 12.4 Å². The first-order valence-electron chi connectivity index (χ1n) is 10.3. The average Bonchev–Trinajstić information content (AvgIpc) is 3.19. The second-order valence-electron chi connectivity index (χ2n) is 7.23. The molecule has 2 aromatic carbocycles. The zero-order valence-electron chi connectivity index (χ0n) is 17.9. The van der Waals surface area contributed by atoms with Crippen LogP contribution in [0.4, 0.5) is 0 Å². The number of carbonyl (C=O) groups is 1. The van der Waals surface area contributed by atoms with Crippen LogP contribution in [0.3, 0.4) is 0 Å². The molecule has 0 atom stereocenters. The summed E-state index contributed by atoms with van der Waals surface area (Å²) in [6.07, 6.45) is 3.26. The summed E-state index contributed by atoms with van der Waals surface area (Å²) in [6, 6.07) is 21.8. The molecular weight excluding hydrogens is 468 g/mol. The molecule has 6 heteroatoms. The summed E-state index contributed by atoms with van der Waals surface area (Å²) in [6.45, 7) is 4.58. The minimum atomic E-state index is -0.388. The first-order valence-corrected chi connectivity index (χ1v) is 11.1. The van der Waals surface area contributed by atoms with Crippen LogP contribution in [0.15, 0.2) is 83.6 Å². The van der Waals surface area contributed by atoms with Crippen molar-refractivity contribution in [3.05, 3.63) is 100 Å². The third-order valence-corrected chi connectivity index (χ3v) is 5.70. The number of halogens is 1. The first-order chi connectivity index (χ1) is 15.6. The van der Waals surface area contributed by atoms with E-state index in [1.807, 2.05) is 67.6 Å². The van der Waals surface area contributed by atoms with Crippen molar-refractivity contribution >= 4 is 21.9 Å². The van der Waals surface area contributed by atoms with Gasteiger partial charge in [0.2, 0.25) is 0 Å². The fourth-order valence-corrected chi connectivity index (χ4v) is 4.11. The van der Waals surface area contributed by atoms with Crippen LogP contribution < -0.4 is 4.74 Å². The number of nitrogens with zero attached hydrogens (tertiary/aromatic N) is 2. The highest BCUT2D eigenvalue weighted by atomic mass is 79.9. The van der Waals surface area contributed by atoms with Crippen molar-refractivity contribution in [2.75, 3.05) is 6.61 Å². The molecule has 0 saturated heterocycles. The van der Waals surface area contributed by atoms with Crippen LogP contribution in [0.25, 0.3) is 16.9 Å². The molecule has 0 aliphatic rings. The first kappa shape index (κ1) is 21.8. The summed E-state index contributed by atoms with van der Waals surface area (Å²) in [5, 5.41) is 0. The maximum atomic E-state index is 12.2. The Kier molecular flexibility index (Phi) is 6.71. The molecule has 0 saturated carbocycles. The van der Waals surface area contributed by atoms with Gasteiger partial charge < -0.3 is 14.0 Å². The highest BCUT2D eigenvalue weighted by molar-refractivity contribution is 9.10. The van der Waals surface area contributed by atoms with Crippen LogP contribution >= 0.6 is 15.9 Å². The summed E-state index contributed by atoms with van der Waals surface area (Å²) in [5.41, 5.74) is 5.15. The number of hydrogen-bond donors (Lipinski definition) is 0. The van der Waals surface area contributed by atoms with Crippen LogP contribution in [-0.4, -0.2) is 22.1 Å². The third kappa shape index (κ3) is 4.60. The quantitative estimate of drug-likeness (QED) is 0.282. The van der Waals surface area contributed by atoms with E-state index in [-0.39, 0.29) is 5.97 Å². The molecule has 5 nitrogen and oxygen atoms in total. The van der Waals surface area contributed by atoms with Gasteiger partial charge in [-0.15, -0.1) is 0 Å². The van der Waals surface area contributed by atoms with Crippen molar-refractivity contribution in [2.24, 2.45) is 0 Å². The molecule has 162 valence electrons. The van der Waals surface area contributed by atoms with Crippen molar-refractivity contribution in [1.29, 1.82) is 0 Å². The van der Waals surface area contributed by atoms with Gasteiger partial charge >= 0.3 is 5.97 Å². The molecule has 4 aromatic rings. The van der Waals surface area contributed by atoms with E-state index in [1.54, 1.807) is 19.2 Å². The monoisotopic (exact) mass is 490 g/mol. The number of ether oxygens (including phenoxy) is 2. The summed E-state index contributed by atoms with van der Waals surface area (Å²) in [5.74, 6) is 0.373. The lowest BCUT2D eigenvalue weighted by molar-refractivity contribution is 0.0526. The summed E-state index contributed by atoms with van der Waals surface area (Å²) >= 11 is 3.70. The largest absolute Gasteiger partial charge is 0.488 e. The average molecular weight is 491 g/mol. The maximum Gasteiger partial charge on any atom is 0.339 e. The van der Waals surface area contributed by atoms with Gasteiger partial charge in [0.05, 0.1) is 35.3 Å². The smallest absolute Gasteiger partial charge is 0.339 e. The Morgan fingerprint density at radius 1 is 1.03 bits per heavy atom. The van der Waals surface area contributed by atoms with Gasteiger partial charge in [-0.1, -0.05) is 36.4 Å². The van der Waals surface area contributed by atoms with E-state index in [0.717, 1.165) is 38.4 Å². The Labute approximate surface area is 195 Å². The Morgan fingerprint density at radius 3 is 2.62 bits per heavy atom.